The monoisotopic (exact) mass is 846 g/mol. The van der Waals surface area contributed by atoms with Crippen LogP contribution in [-0.2, 0) is 0 Å². The quantitative estimate of drug-likeness (QED) is 0.149. The van der Waals surface area contributed by atoms with Crippen LogP contribution in [0.1, 0.15) is 11.1 Å². The smallest absolute Gasteiger partial charge is 0.159 e. The largest absolute Gasteiger partial charge is 0.456 e. The molecule has 2 heterocycles. The molecule has 0 bridgehead atoms. The molecule has 312 valence electrons. The van der Waals surface area contributed by atoms with Crippen molar-refractivity contribution in [2.45, 2.75) is 13.8 Å². The van der Waals surface area contributed by atoms with Gasteiger partial charge in [0, 0.05) is 50.5 Å². The molecule has 0 fully saturated rings. The number of benzene rings is 11. The third kappa shape index (κ3) is 5.92. The van der Waals surface area contributed by atoms with Gasteiger partial charge in [-0.2, -0.15) is 0 Å². The van der Waals surface area contributed by atoms with E-state index in [0.717, 1.165) is 67.1 Å². The van der Waals surface area contributed by atoms with Crippen LogP contribution in [0, 0.1) is 13.8 Å². The van der Waals surface area contributed by atoms with E-state index in [1.807, 2.05) is 12.1 Å². The molecule has 1 aromatic heterocycles. The number of nitrogens with zero attached hydrogens (tertiary/aromatic N) is 2. The Labute approximate surface area is 382 Å². The summed E-state index contributed by atoms with van der Waals surface area (Å²) in [6, 6.07) is 78.2. The molecule has 4 heteroatoms. The summed E-state index contributed by atoms with van der Waals surface area (Å²) in [6.07, 6.45) is 0. The Bertz CT molecular complexity index is 3840. The zero-order valence-electron chi connectivity index (χ0n) is 36.5. The van der Waals surface area contributed by atoms with E-state index < -0.39 is 0 Å². The number of hydrogen-bond acceptors (Lipinski definition) is 4. The second-order valence-electron chi connectivity index (χ2n) is 17.3. The first-order chi connectivity index (χ1) is 32.6. The standard InChI is InChI=1S/C62H42N2O2/c1-39-16-6-11-25-55(39)64(56-26-12-7-17-40(56)2)43-32-30-41(31-33-43)51-37-53-49-23-15-29-59-61(49)54(38-52(53)46-21-9-8-20-45(46)51)48-35-34-44(36-60(48)65-59)63(42-18-4-3-5-19-42)57-27-14-24-50-47-22-10-13-28-58(47)66-62(50)57/h3-38H,1-2H3. The fourth-order valence-electron chi connectivity index (χ4n) is 10.4. The first-order valence-electron chi connectivity index (χ1n) is 22.6. The van der Waals surface area contributed by atoms with Crippen molar-refractivity contribution in [1.29, 1.82) is 0 Å². The Morgan fingerprint density at radius 1 is 0.333 bits per heavy atom. The SMILES string of the molecule is Cc1ccccc1N(c1ccc(-c2cc3c4cccc5c4c(cc3c3ccccc23)-c2ccc(N(c3ccccc3)c3cccc4c3oc3ccccc34)cc2O5)cc1)c1ccccc1C. The van der Waals surface area contributed by atoms with Crippen molar-refractivity contribution in [2.75, 3.05) is 9.80 Å². The third-order valence-electron chi connectivity index (χ3n) is 13.5. The second kappa shape index (κ2) is 15.0. The van der Waals surface area contributed by atoms with E-state index in [4.69, 9.17) is 9.15 Å². The van der Waals surface area contributed by atoms with E-state index >= 15 is 0 Å². The first-order valence-corrected chi connectivity index (χ1v) is 22.6. The van der Waals surface area contributed by atoms with Crippen LogP contribution < -0.4 is 14.5 Å². The molecule has 0 spiro atoms. The van der Waals surface area contributed by atoms with Crippen molar-refractivity contribution in [3.8, 4) is 33.8 Å². The summed E-state index contributed by atoms with van der Waals surface area (Å²) in [5.41, 5.74) is 15.2. The van der Waals surface area contributed by atoms with E-state index in [2.05, 4.69) is 230 Å². The summed E-state index contributed by atoms with van der Waals surface area (Å²) < 4.78 is 13.6. The van der Waals surface area contributed by atoms with Gasteiger partial charge in [-0.15, -0.1) is 0 Å². The molecule has 13 rings (SSSR count). The second-order valence-corrected chi connectivity index (χ2v) is 17.3. The van der Waals surface area contributed by atoms with Crippen molar-refractivity contribution < 1.29 is 9.15 Å². The Balaban J connectivity index is 0.952. The zero-order valence-corrected chi connectivity index (χ0v) is 36.5. The minimum Gasteiger partial charge on any atom is -0.456 e. The van der Waals surface area contributed by atoms with Crippen LogP contribution in [-0.4, -0.2) is 0 Å². The molecule has 0 amide bonds. The van der Waals surface area contributed by atoms with Crippen LogP contribution in [0.25, 0.3) is 76.5 Å². The van der Waals surface area contributed by atoms with Crippen molar-refractivity contribution in [3.05, 3.63) is 230 Å². The number of fused-ring (bicyclic) bond motifs is 9. The molecule has 66 heavy (non-hydrogen) atoms. The summed E-state index contributed by atoms with van der Waals surface area (Å²) in [7, 11) is 0. The number of aryl methyl sites for hydroxylation is 2. The minimum absolute atomic E-state index is 0.816. The van der Waals surface area contributed by atoms with Gasteiger partial charge in [-0.3, -0.25) is 0 Å². The topological polar surface area (TPSA) is 28.9 Å². The van der Waals surface area contributed by atoms with Crippen molar-refractivity contribution in [3.63, 3.8) is 0 Å². The Morgan fingerprint density at radius 2 is 0.909 bits per heavy atom. The highest BCUT2D eigenvalue weighted by Gasteiger charge is 2.26. The van der Waals surface area contributed by atoms with Crippen LogP contribution in [0.5, 0.6) is 11.5 Å². The predicted octanol–water partition coefficient (Wildman–Crippen LogP) is 18.0. The number of anilines is 6. The summed E-state index contributed by atoms with van der Waals surface area (Å²) in [5.74, 6) is 1.67. The maximum Gasteiger partial charge on any atom is 0.159 e. The zero-order chi connectivity index (χ0) is 43.9. The van der Waals surface area contributed by atoms with Crippen LogP contribution >= 0.6 is 0 Å². The van der Waals surface area contributed by atoms with Gasteiger partial charge in [-0.05, 0) is 147 Å². The van der Waals surface area contributed by atoms with Gasteiger partial charge in [-0.1, -0.05) is 133 Å². The van der Waals surface area contributed by atoms with Gasteiger partial charge in [0.15, 0.2) is 5.58 Å². The normalized spacial score (nSPS) is 11.9. The van der Waals surface area contributed by atoms with Crippen molar-refractivity contribution in [1.82, 2.24) is 0 Å². The van der Waals surface area contributed by atoms with E-state index in [9.17, 15) is 0 Å². The van der Waals surface area contributed by atoms with Crippen LogP contribution in [0.4, 0.5) is 34.1 Å². The Kier molecular flexibility index (Phi) is 8.62. The molecule has 0 saturated heterocycles. The molecule has 12 aromatic rings. The molecule has 1 aliphatic rings. The highest BCUT2D eigenvalue weighted by molar-refractivity contribution is 6.25. The minimum atomic E-state index is 0.816. The molecule has 4 nitrogen and oxygen atoms in total. The lowest BCUT2D eigenvalue weighted by Gasteiger charge is -2.28. The number of ether oxygens (including phenoxy) is 1. The molecule has 1 aliphatic heterocycles. The summed E-state index contributed by atoms with van der Waals surface area (Å²) >= 11 is 0. The van der Waals surface area contributed by atoms with E-state index in [0.29, 0.717) is 0 Å². The van der Waals surface area contributed by atoms with Gasteiger partial charge >= 0.3 is 0 Å². The van der Waals surface area contributed by atoms with Gasteiger partial charge in [-0.25, -0.2) is 0 Å². The molecule has 0 radical (unpaired) electrons. The van der Waals surface area contributed by atoms with E-state index in [1.165, 1.54) is 66.1 Å². The molecule has 0 saturated carbocycles. The van der Waals surface area contributed by atoms with Gasteiger partial charge in [0.1, 0.15) is 17.1 Å². The highest BCUT2D eigenvalue weighted by Crippen LogP contribution is 2.53. The number of rotatable bonds is 7. The molecular weight excluding hydrogens is 805 g/mol. The molecule has 0 N–H and O–H groups in total. The third-order valence-corrected chi connectivity index (χ3v) is 13.5. The molecule has 0 aliphatic carbocycles. The lowest BCUT2D eigenvalue weighted by molar-refractivity contribution is 0.487. The fourth-order valence-corrected chi connectivity index (χ4v) is 10.4. The molecule has 0 atom stereocenters. The van der Waals surface area contributed by atoms with Gasteiger partial charge in [0.05, 0.1) is 11.4 Å². The number of hydrogen-bond donors (Lipinski definition) is 0. The van der Waals surface area contributed by atoms with Crippen molar-refractivity contribution in [2.24, 2.45) is 0 Å². The van der Waals surface area contributed by atoms with Crippen LogP contribution in [0.3, 0.4) is 0 Å². The van der Waals surface area contributed by atoms with Gasteiger partial charge in [0.25, 0.3) is 0 Å². The van der Waals surface area contributed by atoms with Crippen molar-refractivity contribution >= 4 is 88.4 Å². The average Bonchev–Trinajstić information content (AvgIpc) is 3.75. The lowest BCUT2D eigenvalue weighted by atomic mass is 9.86. The molecular formula is C62H42N2O2. The maximum absolute atomic E-state index is 6.97. The predicted molar refractivity (Wildman–Crippen MR) is 276 cm³/mol. The summed E-state index contributed by atoms with van der Waals surface area (Å²) in [6.45, 7) is 4.37. The highest BCUT2D eigenvalue weighted by atomic mass is 16.5. The van der Waals surface area contributed by atoms with E-state index in [-0.39, 0.29) is 0 Å². The Morgan fingerprint density at radius 3 is 1.68 bits per heavy atom. The van der Waals surface area contributed by atoms with Gasteiger partial charge in [0.2, 0.25) is 0 Å². The summed E-state index contributed by atoms with van der Waals surface area (Å²) in [4.78, 5) is 4.65. The van der Waals surface area contributed by atoms with Gasteiger partial charge < -0.3 is 19.0 Å². The van der Waals surface area contributed by atoms with E-state index in [1.54, 1.807) is 0 Å². The number of para-hydroxylation sites is 5. The van der Waals surface area contributed by atoms with Crippen LogP contribution in [0.2, 0.25) is 0 Å². The van der Waals surface area contributed by atoms with Crippen LogP contribution in [0.15, 0.2) is 223 Å². The number of furan rings is 1. The Hall–Kier alpha value is -8.60. The lowest BCUT2D eigenvalue weighted by Crippen LogP contribution is -2.12. The maximum atomic E-state index is 6.97. The fraction of sp³-hybridized carbons (Fsp3) is 0.0323. The average molecular weight is 847 g/mol. The molecule has 11 aromatic carbocycles. The molecule has 0 unspecified atom stereocenters. The summed E-state index contributed by atoms with van der Waals surface area (Å²) in [5, 5.41) is 9.34. The first kappa shape index (κ1) is 37.9.